The zero-order valence-corrected chi connectivity index (χ0v) is 17.4. The minimum Gasteiger partial charge on any atom is -0.324 e. The van der Waals surface area contributed by atoms with Crippen molar-refractivity contribution in [2.75, 3.05) is 11.9 Å². The van der Waals surface area contributed by atoms with Crippen LogP contribution in [0.4, 0.5) is 11.6 Å². The average molecular weight is 434 g/mol. The Kier molecular flexibility index (Phi) is 4.29. The Balaban J connectivity index is 1.45. The van der Waals surface area contributed by atoms with Crippen LogP contribution in [0, 0.1) is 0 Å². The third-order valence-electron chi connectivity index (χ3n) is 5.79. The number of anilines is 2. The number of nitrogens with one attached hydrogen (secondary N) is 2. The van der Waals surface area contributed by atoms with E-state index in [1.54, 1.807) is 33.9 Å². The summed E-state index contributed by atoms with van der Waals surface area (Å²) >= 11 is 6.02. The molecule has 9 heteroatoms. The molecule has 0 amide bonds. The van der Waals surface area contributed by atoms with E-state index in [9.17, 15) is 4.79 Å². The molecule has 4 heterocycles. The van der Waals surface area contributed by atoms with Gasteiger partial charge in [-0.1, -0.05) is 17.7 Å². The van der Waals surface area contributed by atoms with Gasteiger partial charge in [-0.2, -0.15) is 4.98 Å². The van der Waals surface area contributed by atoms with Gasteiger partial charge < -0.3 is 10.6 Å². The lowest BCUT2D eigenvalue weighted by Gasteiger charge is -2.18. The molecule has 0 radical (unpaired) electrons. The molecule has 0 spiro atoms. The van der Waals surface area contributed by atoms with Crippen LogP contribution in [0.1, 0.15) is 30.0 Å². The van der Waals surface area contributed by atoms with Crippen molar-refractivity contribution < 1.29 is 0 Å². The maximum atomic E-state index is 13.1. The lowest BCUT2D eigenvalue weighted by Crippen LogP contribution is -2.23. The minimum absolute atomic E-state index is 0.0966. The molecule has 1 saturated carbocycles. The Morgan fingerprint density at radius 1 is 1.10 bits per heavy atom. The highest BCUT2D eigenvalue weighted by molar-refractivity contribution is 6.30. The summed E-state index contributed by atoms with van der Waals surface area (Å²) in [7, 11) is 0. The highest BCUT2D eigenvalue weighted by atomic mass is 35.5. The fourth-order valence-electron chi connectivity index (χ4n) is 4.11. The molecule has 4 aromatic rings. The monoisotopic (exact) mass is 433 g/mol. The Morgan fingerprint density at radius 2 is 2.00 bits per heavy atom. The normalized spacial score (nSPS) is 15.8. The predicted molar refractivity (Wildman–Crippen MR) is 119 cm³/mol. The maximum absolute atomic E-state index is 13.1. The van der Waals surface area contributed by atoms with Gasteiger partial charge in [0.15, 0.2) is 11.5 Å². The Bertz CT molecular complexity index is 1360. The highest BCUT2D eigenvalue weighted by Crippen LogP contribution is 2.35. The number of aromatic nitrogens is 5. The van der Waals surface area contributed by atoms with Crippen LogP contribution in [0.2, 0.25) is 5.02 Å². The van der Waals surface area contributed by atoms with Crippen molar-refractivity contribution >= 4 is 34.3 Å². The van der Waals surface area contributed by atoms with E-state index < -0.39 is 0 Å². The second-order valence-corrected chi connectivity index (χ2v) is 8.43. The summed E-state index contributed by atoms with van der Waals surface area (Å²) in [5.74, 6) is 1.04. The standard InChI is InChI=1S/C22H20ClN7O/c23-15-2-6-19(25-11-15)30-20-18(21(31)29(30)17-4-5-17)12-26-22(28-20)27-16-3-1-13-7-8-24-10-14(13)9-16/h1-3,6,9,11-12,17,24H,4-5,7-8,10H2,(H,26,27,28). The van der Waals surface area contributed by atoms with E-state index in [4.69, 9.17) is 16.6 Å². The summed E-state index contributed by atoms with van der Waals surface area (Å²) in [4.78, 5) is 26.6. The fraction of sp³-hybridized carbons (Fsp3) is 0.273. The topological polar surface area (TPSA) is 89.7 Å². The number of halogens is 1. The first-order valence-electron chi connectivity index (χ1n) is 10.4. The van der Waals surface area contributed by atoms with Crippen LogP contribution < -0.4 is 16.2 Å². The Hall–Kier alpha value is -3.23. The van der Waals surface area contributed by atoms with Gasteiger partial charge in [0.1, 0.15) is 5.39 Å². The summed E-state index contributed by atoms with van der Waals surface area (Å²) in [6, 6.07) is 10.0. The first kappa shape index (κ1) is 18.5. The van der Waals surface area contributed by atoms with Crippen LogP contribution in [0.15, 0.2) is 47.5 Å². The quantitative estimate of drug-likeness (QED) is 0.513. The molecule has 6 rings (SSSR count). The predicted octanol–water partition coefficient (Wildman–Crippen LogP) is 3.35. The zero-order chi connectivity index (χ0) is 20.9. The van der Waals surface area contributed by atoms with Gasteiger partial charge in [-0.05, 0) is 61.2 Å². The van der Waals surface area contributed by atoms with Crippen molar-refractivity contribution in [1.29, 1.82) is 0 Å². The lowest BCUT2D eigenvalue weighted by atomic mass is 10.0. The van der Waals surface area contributed by atoms with Crippen molar-refractivity contribution in [3.63, 3.8) is 0 Å². The summed E-state index contributed by atoms with van der Waals surface area (Å²) in [6.07, 6.45) is 6.13. The average Bonchev–Trinajstić information content (AvgIpc) is 3.59. The zero-order valence-electron chi connectivity index (χ0n) is 16.7. The number of hydrogen-bond acceptors (Lipinski definition) is 6. The number of pyridine rings is 1. The molecule has 8 nitrogen and oxygen atoms in total. The lowest BCUT2D eigenvalue weighted by molar-refractivity contribution is 0.553. The molecule has 1 fully saturated rings. The van der Waals surface area contributed by atoms with Crippen molar-refractivity contribution in [1.82, 2.24) is 29.6 Å². The van der Waals surface area contributed by atoms with Crippen LogP contribution in [0.5, 0.6) is 0 Å². The minimum atomic E-state index is -0.0966. The molecule has 0 saturated heterocycles. The second kappa shape index (κ2) is 7.18. The van der Waals surface area contributed by atoms with Gasteiger partial charge in [0.25, 0.3) is 5.56 Å². The van der Waals surface area contributed by atoms with E-state index in [2.05, 4.69) is 32.7 Å². The molecule has 0 bridgehead atoms. The van der Waals surface area contributed by atoms with Gasteiger partial charge >= 0.3 is 0 Å². The van der Waals surface area contributed by atoms with Crippen LogP contribution in [0.25, 0.3) is 16.9 Å². The highest BCUT2D eigenvalue weighted by Gasteiger charge is 2.31. The van der Waals surface area contributed by atoms with E-state index in [1.165, 1.54) is 11.1 Å². The van der Waals surface area contributed by atoms with Crippen molar-refractivity contribution in [3.8, 4) is 5.82 Å². The molecule has 2 N–H and O–H groups in total. The summed E-state index contributed by atoms with van der Waals surface area (Å²) < 4.78 is 3.53. The molecule has 0 atom stereocenters. The molecule has 1 aliphatic heterocycles. The van der Waals surface area contributed by atoms with Crippen molar-refractivity contribution in [2.45, 2.75) is 31.8 Å². The molecule has 2 aliphatic rings. The maximum Gasteiger partial charge on any atom is 0.278 e. The van der Waals surface area contributed by atoms with Crippen LogP contribution >= 0.6 is 11.6 Å². The second-order valence-electron chi connectivity index (χ2n) is 7.99. The molecule has 156 valence electrons. The van der Waals surface area contributed by atoms with E-state index in [0.29, 0.717) is 27.8 Å². The first-order chi connectivity index (χ1) is 15.2. The molecular weight excluding hydrogens is 414 g/mol. The Morgan fingerprint density at radius 3 is 2.81 bits per heavy atom. The number of rotatable bonds is 4. The largest absolute Gasteiger partial charge is 0.324 e. The van der Waals surface area contributed by atoms with E-state index in [1.807, 2.05) is 6.07 Å². The van der Waals surface area contributed by atoms with E-state index >= 15 is 0 Å². The van der Waals surface area contributed by atoms with E-state index in [-0.39, 0.29) is 11.6 Å². The third-order valence-corrected chi connectivity index (χ3v) is 6.02. The summed E-state index contributed by atoms with van der Waals surface area (Å²) in [6.45, 7) is 1.87. The molecule has 3 aromatic heterocycles. The third kappa shape index (κ3) is 3.28. The van der Waals surface area contributed by atoms with Gasteiger partial charge in [-0.3, -0.25) is 4.79 Å². The van der Waals surface area contributed by atoms with Gasteiger partial charge in [0.05, 0.1) is 11.1 Å². The smallest absolute Gasteiger partial charge is 0.278 e. The van der Waals surface area contributed by atoms with Gasteiger partial charge in [-0.15, -0.1) is 0 Å². The van der Waals surface area contributed by atoms with Crippen molar-refractivity contribution in [3.05, 3.63) is 69.2 Å². The molecule has 31 heavy (non-hydrogen) atoms. The molecular formula is C22H20ClN7O. The SMILES string of the molecule is O=c1c2cnc(Nc3ccc4c(c3)CNCC4)nc2n(-c2ccc(Cl)cn2)n1C1CC1. The van der Waals surface area contributed by atoms with Crippen LogP contribution in [-0.4, -0.2) is 30.9 Å². The van der Waals surface area contributed by atoms with Crippen molar-refractivity contribution in [2.24, 2.45) is 0 Å². The molecule has 1 aromatic carbocycles. The number of benzene rings is 1. The molecule has 1 aliphatic carbocycles. The number of nitrogens with zero attached hydrogens (tertiary/aromatic N) is 5. The van der Waals surface area contributed by atoms with Crippen LogP contribution in [-0.2, 0) is 13.0 Å². The fourth-order valence-corrected chi connectivity index (χ4v) is 4.22. The van der Waals surface area contributed by atoms with Gasteiger partial charge in [0, 0.05) is 24.6 Å². The first-order valence-corrected chi connectivity index (χ1v) is 10.8. The van der Waals surface area contributed by atoms with E-state index in [0.717, 1.165) is 38.0 Å². The summed E-state index contributed by atoms with van der Waals surface area (Å²) in [5.41, 5.74) is 4.00. The van der Waals surface area contributed by atoms with Crippen LogP contribution in [0.3, 0.4) is 0 Å². The molecule has 0 unspecified atom stereocenters. The summed E-state index contributed by atoms with van der Waals surface area (Å²) in [5, 5.41) is 7.70. The van der Waals surface area contributed by atoms with Gasteiger partial charge in [0.2, 0.25) is 5.95 Å². The Labute approximate surface area is 182 Å². The van der Waals surface area contributed by atoms with Gasteiger partial charge in [-0.25, -0.2) is 19.3 Å². The number of hydrogen-bond donors (Lipinski definition) is 2. The number of fused-ring (bicyclic) bond motifs is 2.